The van der Waals surface area contributed by atoms with Gasteiger partial charge in [-0.25, -0.2) is 14.3 Å². The second-order valence-corrected chi connectivity index (χ2v) is 6.84. The van der Waals surface area contributed by atoms with Crippen molar-refractivity contribution in [3.05, 3.63) is 84.8 Å². The molecule has 0 saturated heterocycles. The lowest BCUT2D eigenvalue weighted by atomic mass is 10.1. The molecule has 0 aliphatic carbocycles. The van der Waals surface area contributed by atoms with Crippen LogP contribution in [0.3, 0.4) is 0 Å². The average molecular weight is 427 g/mol. The van der Waals surface area contributed by atoms with E-state index in [1.807, 2.05) is 66.9 Å². The molecule has 0 spiro atoms. The molecule has 0 bridgehead atoms. The summed E-state index contributed by atoms with van der Waals surface area (Å²) in [6.07, 6.45) is 6.35. The van der Waals surface area contributed by atoms with E-state index in [9.17, 15) is 9.59 Å². The van der Waals surface area contributed by atoms with Gasteiger partial charge in [-0.2, -0.15) is 5.10 Å². The Bertz CT molecular complexity index is 1240. The van der Waals surface area contributed by atoms with Gasteiger partial charge in [0.05, 0.1) is 11.4 Å². The highest BCUT2D eigenvalue weighted by molar-refractivity contribution is 6.01. The smallest absolute Gasteiger partial charge is 0.250 e. The summed E-state index contributed by atoms with van der Waals surface area (Å²) in [6, 6.07) is 19.5. The van der Waals surface area contributed by atoms with Crippen LogP contribution < -0.4 is 10.6 Å². The van der Waals surface area contributed by atoms with Crippen molar-refractivity contribution in [2.24, 2.45) is 0 Å². The minimum absolute atomic E-state index is 0.0221. The highest BCUT2D eigenvalue weighted by Crippen LogP contribution is 2.24. The van der Waals surface area contributed by atoms with Crippen LogP contribution in [0, 0.1) is 0 Å². The Morgan fingerprint density at radius 1 is 1.00 bits per heavy atom. The van der Waals surface area contributed by atoms with Gasteiger partial charge in [0, 0.05) is 30.4 Å². The Balaban J connectivity index is 1.54. The van der Waals surface area contributed by atoms with Gasteiger partial charge < -0.3 is 5.32 Å². The summed E-state index contributed by atoms with van der Waals surface area (Å²) in [5.74, 6) is -0.488. The summed E-state index contributed by atoms with van der Waals surface area (Å²) < 4.78 is 3.12. The second kappa shape index (κ2) is 9.52. The third-order valence-corrected chi connectivity index (χ3v) is 4.58. The number of para-hydroxylation sites is 1. The number of hydrogen-bond acceptors (Lipinski definition) is 5. The number of carbonyl (C=O) groups excluding carboxylic acids is 2. The maximum absolute atomic E-state index is 12.4. The van der Waals surface area contributed by atoms with E-state index in [-0.39, 0.29) is 18.4 Å². The number of aromatic nitrogens is 5. The van der Waals surface area contributed by atoms with Crippen LogP contribution in [-0.2, 0) is 16.1 Å². The fourth-order valence-electron chi connectivity index (χ4n) is 3.01. The molecule has 0 aliphatic heterocycles. The molecule has 2 amide bonds. The number of rotatable bonds is 7. The molecule has 4 rings (SSSR count). The van der Waals surface area contributed by atoms with Crippen LogP contribution in [0.5, 0.6) is 0 Å². The van der Waals surface area contributed by atoms with Crippen LogP contribution in [0.1, 0.15) is 5.56 Å². The van der Waals surface area contributed by atoms with Gasteiger partial charge in [0.25, 0.3) is 5.91 Å². The summed E-state index contributed by atoms with van der Waals surface area (Å²) in [5, 5.41) is 13.9. The number of nitrogens with one attached hydrogen (secondary N) is 2. The molecule has 0 saturated carbocycles. The number of likely N-dealkylation sites (N-methyl/N-ethyl adjacent to an activating group) is 1. The van der Waals surface area contributed by atoms with Crippen LogP contribution in [0.15, 0.2) is 79.3 Å². The molecule has 9 nitrogen and oxygen atoms in total. The molecule has 2 aromatic heterocycles. The molecular weight excluding hydrogens is 406 g/mol. The van der Waals surface area contributed by atoms with Gasteiger partial charge in [-0.3, -0.25) is 14.9 Å². The summed E-state index contributed by atoms with van der Waals surface area (Å²) in [6.45, 7) is 0.0221. The monoisotopic (exact) mass is 427 g/mol. The van der Waals surface area contributed by atoms with Crippen LogP contribution in [-0.4, -0.2) is 43.4 Å². The molecule has 32 heavy (non-hydrogen) atoms. The van der Waals surface area contributed by atoms with Crippen molar-refractivity contribution in [3.63, 3.8) is 0 Å². The first-order valence-corrected chi connectivity index (χ1v) is 9.92. The van der Waals surface area contributed by atoms with E-state index in [1.54, 1.807) is 10.8 Å². The zero-order chi connectivity index (χ0) is 22.3. The molecule has 2 heterocycles. The number of hydrogen-bond donors (Lipinski definition) is 2. The quantitative estimate of drug-likeness (QED) is 0.441. The molecule has 2 N–H and O–H groups in total. The Kier molecular flexibility index (Phi) is 6.17. The second-order valence-electron chi connectivity index (χ2n) is 6.84. The highest BCUT2D eigenvalue weighted by Gasteiger charge is 2.11. The molecular formula is C23H21N7O2. The van der Waals surface area contributed by atoms with E-state index in [0.717, 1.165) is 22.5 Å². The SMILES string of the molecule is CNC(=O)Cn1cnc(NC(=O)/C=C/c2cn(-c3ccccc3)nc2-c2ccccc2)n1. The molecule has 0 aliphatic rings. The van der Waals surface area contributed by atoms with E-state index < -0.39 is 5.91 Å². The number of amides is 2. The fourth-order valence-corrected chi connectivity index (χ4v) is 3.01. The van der Waals surface area contributed by atoms with Crippen molar-refractivity contribution in [2.45, 2.75) is 6.54 Å². The Morgan fingerprint density at radius 2 is 1.72 bits per heavy atom. The molecule has 0 fully saturated rings. The third kappa shape index (κ3) is 4.96. The molecule has 0 radical (unpaired) electrons. The van der Waals surface area contributed by atoms with Crippen LogP contribution in [0.4, 0.5) is 5.95 Å². The van der Waals surface area contributed by atoms with Crippen molar-refractivity contribution >= 4 is 23.8 Å². The Morgan fingerprint density at radius 3 is 2.44 bits per heavy atom. The summed E-state index contributed by atoms with van der Waals surface area (Å²) in [7, 11) is 1.54. The van der Waals surface area contributed by atoms with Crippen molar-refractivity contribution in [1.82, 2.24) is 29.9 Å². The molecule has 0 atom stereocenters. The van der Waals surface area contributed by atoms with Gasteiger partial charge in [0.2, 0.25) is 11.9 Å². The van der Waals surface area contributed by atoms with Gasteiger partial charge in [-0.05, 0) is 18.2 Å². The average Bonchev–Trinajstić information content (AvgIpc) is 3.45. The topological polar surface area (TPSA) is 107 Å². The van der Waals surface area contributed by atoms with Crippen molar-refractivity contribution in [1.29, 1.82) is 0 Å². The minimum atomic E-state index is -0.394. The van der Waals surface area contributed by atoms with Gasteiger partial charge in [-0.1, -0.05) is 48.5 Å². The molecule has 4 aromatic rings. The lowest BCUT2D eigenvalue weighted by molar-refractivity contribution is -0.121. The molecule has 160 valence electrons. The summed E-state index contributed by atoms with van der Waals surface area (Å²) in [5.41, 5.74) is 3.40. The largest absolute Gasteiger partial charge is 0.358 e. The predicted molar refractivity (Wildman–Crippen MR) is 121 cm³/mol. The first-order chi connectivity index (χ1) is 15.6. The van der Waals surface area contributed by atoms with Crippen molar-refractivity contribution in [3.8, 4) is 16.9 Å². The van der Waals surface area contributed by atoms with E-state index in [4.69, 9.17) is 5.10 Å². The maximum Gasteiger partial charge on any atom is 0.250 e. The molecule has 9 heteroatoms. The lowest BCUT2D eigenvalue weighted by Gasteiger charge is -2.00. The van der Waals surface area contributed by atoms with Crippen LogP contribution >= 0.6 is 0 Å². The first-order valence-electron chi connectivity index (χ1n) is 9.92. The molecule has 2 aromatic carbocycles. The lowest BCUT2D eigenvalue weighted by Crippen LogP contribution is -2.23. The third-order valence-electron chi connectivity index (χ3n) is 4.58. The van der Waals surface area contributed by atoms with Gasteiger partial charge in [0.1, 0.15) is 12.9 Å². The van der Waals surface area contributed by atoms with Crippen LogP contribution in [0.25, 0.3) is 23.0 Å². The Hall–Kier alpha value is -4.53. The van der Waals surface area contributed by atoms with E-state index in [0.29, 0.717) is 0 Å². The maximum atomic E-state index is 12.4. The Labute approximate surface area is 184 Å². The fraction of sp³-hybridized carbons (Fsp3) is 0.0870. The zero-order valence-corrected chi connectivity index (χ0v) is 17.3. The van der Waals surface area contributed by atoms with E-state index in [1.165, 1.54) is 24.1 Å². The predicted octanol–water partition coefficient (Wildman–Crippen LogP) is 2.53. The normalized spacial score (nSPS) is 10.9. The van der Waals surface area contributed by atoms with Crippen molar-refractivity contribution in [2.75, 3.05) is 12.4 Å². The van der Waals surface area contributed by atoms with Crippen molar-refractivity contribution < 1.29 is 9.59 Å². The standard InChI is InChI=1S/C23H21N7O2/c1-24-21(32)15-29-16-25-23(28-29)26-20(31)13-12-18-14-30(19-10-6-3-7-11-19)27-22(18)17-8-4-2-5-9-17/h2-14,16H,15H2,1H3,(H,24,32)(H,26,28,31)/b13-12+. The highest BCUT2D eigenvalue weighted by atomic mass is 16.2. The van der Waals surface area contributed by atoms with Gasteiger partial charge in [-0.15, -0.1) is 5.10 Å². The van der Waals surface area contributed by atoms with Crippen LogP contribution in [0.2, 0.25) is 0 Å². The van der Waals surface area contributed by atoms with E-state index in [2.05, 4.69) is 20.7 Å². The minimum Gasteiger partial charge on any atom is -0.358 e. The zero-order valence-electron chi connectivity index (χ0n) is 17.3. The first kappa shape index (κ1) is 20.7. The van der Waals surface area contributed by atoms with E-state index >= 15 is 0 Å². The molecule has 0 unspecified atom stereocenters. The summed E-state index contributed by atoms with van der Waals surface area (Å²) >= 11 is 0. The summed E-state index contributed by atoms with van der Waals surface area (Å²) in [4.78, 5) is 27.8. The number of nitrogens with zero attached hydrogens (tertiary/aromatic N) is 5. The number of benzene rings is 2. The number of anilines is 1. The van der Waals surface area contributed by atoms with Gasteiger partial charge >= 0.3 is 0 Å². The van der Waals surface area contributed by atoms with Gasteiger partial charge in [0.15, 0.2) is 0 Å². The number of carbonyl (C=O) groups is 2.